The third-order valence-corrected chi connectivity index (χ3v) is 3.94. The van der Waals surface area contributed by atoms with Crippen molar-refractivity contribution in [1.29, 1.82) is 0 Å². The van der Waals surface area contributed by atoms with Crippen molar-refractivity contribution >= 4 is 24.9 Å². The summed E-state index contributed by atoms with van der Waals surface area (Å²) in [6.07, 6.45) is -1.42. The number of nitrogen functional groups attached to an aromatic ring is 1. The number of imidazole rings is 1. The molecule has 0 spiro atoms. The molecule has 0 radical (unpaired) electrons. The number of nitrogens with zero attached hydrogens (tertiary/aromatic N) is 3. The van der Waals surface area contributed by atoms with Gasteiger partial charge < -0.3 is 31.5 Å². The fourth-order valence-electron chi connectivity index (χ4n) is 2.48. The molecule has 24 heavy (non-hydrogen) atoms. The molecule has 3 heterocycles. The van der Waals surface area contributed by atoms with Crippen LogP contribution in [0.2, 0.25) is 0 Å². The van der Waals surface area contributed by atoms with E-state index in [1.165, 1.54) is 10.9 Å². The van der Waals surface area contributed by atoms with Gasteiger partial charge in [0.15, 0.2) is 11.2 Å². The van der Waals surface area contributed by atoms with Crippen molar-refractivity contribution in [1.82, 2.24) is 25.7 Å². The number of nitrogens with one attached hydrogen (secondary N) is 1. The average molecular weight is 364 g/mol. The number of H-pyrrole nitrogens is 1. The van der Waals surface area contributed by atoms with Crippen molar-refractivity contribution < 1.29 is 28.7 Å². The molecular formula is C10H17N6O7P. The Morgan fingerprint density at radius 1 is 1.54 bits per heavy atom. The largest absolute Gasteiger partial charge is 0.469 e. The smallest absolute Gasteiger partial charge is 0.394 e. The lowest BCUT2D eigenvalue weighted by atomic mass is 10.2. The van der Waals surface area contributed by atoms with Crippen molar-refractivity contribution in [3.05, 3.63) is 16.7 Å². The fraction of sp³-hybridized carbons (Fsp3) is 0.500. The van der Waals surface area contributed by atoms with E-state index in [9.17, 15) is 14.5 Å². The molecule has 0 aliphatic carbocycles. The van der Waals surface area contributed by atoms with Gasteiger partial charge in [-0.15, -0.1) is 0 Å². The molecule has 0 amide bonds. The highest BCUT2D eigenvalue weighted by Gasteiger charge is 2.40. The average Bonchev–Trinajstić information content (AvgIpc) is 3.00. The van der Waals surface area contributed by atoms with E-state index in [0.29, 0.717) is 0 Å². The van der Waals surface area contributed by atoms with Crippen molar-refractivity contribution in [3.8, 4) is 0 Å². The first kappa shape index (κ1) is 18.5. The van der Waals surface area contributed by atoms with Crippen LogP contribution in [-0.2, 0) is 13.8 Å². The van der Waals surface area contributed by atoms with E-state index in [1.54, 1.807) is 0 Å². The van der Waals surface area contributed by atoms with Gasteiger partial charge in [0.1, 0.15) is 18.4 Å². The van der Waals surface area contributed by atoms with Gasteiger partial charge in [0.25, 0.3) is 5.56 Å². The number of rotatable bonds is 4. The Bertz CT molecular complexity index is 831. The third-order valence-electron chi connectivity index (χ3n) is 3.39. The second-order valence-corrected chi connectivity index (χ2v) is 6.15. The Morgan fingerprint density at radius 2 is 2.25 bits per heavy atom. The first-order chi connectivity index (χ1) is 10.8. The number of ether oxygens (including phenoxy) is 1. The minimum atomic E-state index is -4.74. The maximum absolute atomic E-state index is 11.7. The molecule has 2 aromatic heterocycles. The highest BCUT2D eigenvalue weighted by atomic mass is 31.2. The molecule has 9 N–H and O–H groups in total. The zero-order chi connectivity index (χ0) is 16.8. The number of hydrogen-bond acceptors (Lipinski definition) is 9. The number of aliphatic hydroxyl groups is 1. The molecule has 3 rings (SSSR count). The molecular weight excluding hydrogens is 347 g/mol. The van der Waals surface area contributed by atoms with Crippen LogP contribution in [0, 0.1) is 0 Å². The first-order valence-electron chi connectivity index (χ1n) is 6.51. The minimum Gasteiger partial charge on any atom is -0.394 e. The van der Waals surface area contributed by atoms with Crippen LogP contribution in [0.1, 0.15) is 12.6 Å². The maximum atomic E-state index is 11.7. The van der Waals surface area contributed by atoms with Crippen molar-refractivity contribution in [2.24, 2.45) is 0 Å². The van der Waals surface area contributed by atoms with Crippen LogP contribution in [0.25, 0.3) is 11.2 Å². The molecule has 0 bridgehead atoms. The summed E-state index contributed by atoms with van der Waals surface area (Å²) in [6.45, 7) is -0.496. The van der Waals surface area contributed by atoms with Gasteiger partial charge in [-0.05, 0) is 0 Å². The van der Waals surface area contributed by atoms with Gasteiger partial charge in [-0.2, -0.15) is 4.98 Å². The van der Waals surface area contributed by atoms with Crippen LogP contribution in [0.15, 0.2) is 11.1 Å². The second-order valence-electron chi connectivity index (χ2n) is 4.96. The minimum absolute atomic E-state index is 0. The Morgan fingerprint density at radius 3 is 2.88 bits per heavy atom. The summed E-state index contributed by atoms with van der Waals surface area (Å²) in [4.78, 5) is 39.8. The molecule has 2 aromatic rings. The van der Waals surface area contributed by atoms with Crippen LogP contribution in [-0.4, -0.2) is 53.2 Å². The summed E-state index contributed by atoms with van der Waals surface area (Å²) >= 11 is 0. The molecule has 1 fully saturated rings. The molecule has 3 unspecified atom stereocenters. The van der Waals surface area contributed by atoms with Crippen LogP contribution in [0.3, 0.4) is 0 Å². The van der Waals surface area contributed by atoms with E-state index in [4.69, 9.17) is 20.3 Å². The predicted molar refractivity (Wildman–Crippen MR) is 80.1 cm³/mol. The molecule has 0 saturated carbocycles. The quantitative estimate of drug-likeness (QED) is 0.347. The lowest BCUT2D eigenvalue weighted by Gasteiger charge is -2.16. The molecule has 134 valence electrons. The molecule has 1 aliphatic heterocycles. The third kappa shape index (κ3) is 3.47. The Balaban J connectivity index is 0.00000208. The van der Waals surface area contributed by atoms with E-state index in [2.05, 4.69) is 19.5 Å². The number of phosphoric ester groups is 1. The van der Waals surface area contributed by atoms with Crippen LogP contribution in [0.5, 0.6) is 0 Å². The Kier molecular flexibility index (Phi) is 5.05. The summed E-state index contributed by atoms with van der Waals surface area (Å²) < 4.78 is 22.5. The fourth-order valence-corrected chi connectivity index (χ4v) is 3.05. The number of anilines is 1. The molecule has 14 heteroatoms. The van der Waals surface area contributed by atoms with Gasteiger partial charge in [-0.3, -0.25) is 18.9 Å². The van der Waals surface area contributed by atoms with Gasteiger partial charge in [-0.25, -0.2) is 9.55 Å². The summed E-state index contributed by atoms with van der Waals surface area (Å²) in [6, 6.07) is 0. The van der Waals surface area contributed by atoms with Crippen molar-refractivity contribution in [2.75, 3.05) is 12.3 Å². The number of phosphoric acid groups is 1. The Hall–Kier alpha value is -1.86. The monoisotopic (exact) mass is 364 g/mol. The Labute approximate surface area is 134 Å². The second kappa shape index (κ2) is 6.57. The molecule has 0 aromatic carbocycles. The van der Waals surface area contributed by atoms with Crippen LogP contribution in [0.4, 0.5) is 5.95 Å². The van der Waals surface area contributed by atoms with Crippen LogP contribution < -0.4 is 17.4 Å². The SMILES string of the molecule is N.Nc1nc2c(ncn2C2CC(OP(=O)(O)O)C(CO)O2)c(=O)[nH]1. The van der Waals surface area contributed by atoms with E-state index in [-0.39, 0.29) is 29.7 Å². The number of nitrogens with two attached hydrogens (primary N) is 1. The normalized spacial score (nSPS) is 24.2. The van der Waals surface area contributed by atoms with Crippen LogP contribution >= 0.6 is 7.82 Å². The van der Waals surface area contributed by atoms with Gasteiger partial charge >= 0.3 is 7.82 Å². The van der Waals surface area contributed by atoms with E-state index >= 15 is 0 Å². The highest BCUT2D eigenvalue weighted by Crippen LogP contribution is 2.43. The maximum Gasteiger partial charge on any atom is 0.469 e. The lowest BCUT2D eigenvalue weighted by molar-refractivity contribution is -0.0425. The van der Waals surface area contributed by atoms with E-state index < -0.39 is 38.4 Å². The topological polar surface area (TPSA) is 221 Å². The summed E-state index contributed by atoms with van der Waals surface area (Å²) in [5, 5.41) is 9.28. The molecule has 1 aliphatic rings. The highest BCUT2D eigenvalue weighted by molar-refractivity contribution is 7.46. The lowest BCUT2D eigenvalue weighted by Crippen LogP contribution is -2.26. The van der Waals surface area contributed by atoms with Crippen molar-refractivity contribution in [3.63, 3.8) is 0 Å². The van der Waals surface area contributed by atoms with Gasteiger partial charge in [0.05, 0.1) is 12.9 Å². The number of aromatic amines is 1. The van der Waals surface area contributed by atoms with Gasteiger partial charge in [0.2, 0.25) is 5.95 Å². The predicted octanol–water partition coefficient (Wildman–Crippen LogP) is -1.38. The zero-order valence-corrected chi connectivity index (χ0v) is 13.2. The molecule has 13 nitrogen and oxygen atoms in total. The zero-order valence-electron chi connectivity index (χ0n) is 12.3. The summed E-state index contributed by atoms with van der Waals surface area (Å²) in [5.74, 6) is -0.107. The summed E-state index contributed by atoms with van der Waals surface area (Å²) in [7, 11) is -4.74. The van der Waals surface area contributed by atoms with E-state index in [0.717, 1.165) is 0 Å². The number of fused-ring (bicyclic) bond motifs is 1. The molecule has 1 saturated heterocycles. The van der Waals surface area contributed by atoms with Crippen molar-refractivity contribution in [2.45, 2.75) is 24.9 Å². The standard InChI is InChI=1S/C10H14N5O7P.H3N/c11-10-13-8-7(9(17)14-10)12-3-15(8)6-1-4(5(2-16)21-6)22-23(18,19)20;/h3-6,16H,1-2H2,(H2,18,19,20)(H3,11,13,14,17);1H3. The first-order valence-corrected chi connectivity index (χ1v) is 8.04. The summed E-state index contributed by atoms with van der Waals surface area (Å²) in [5.41, 5.74) is 5.18. The van der Waals surface area contributed by atoms with E-state index in [1.807, 2.05) is 0 Å². The number of hydrogen-bond donors (Lipinski definition) is 6. The number of aliphatic hydroxyl groups excluding tert-OH is 1. The number of aromatic nitrogens is 4. The van der Waals surface area contributed by atoms with Gasteiger partial charge in [0, 0.05) is 6.42 Å². The molecule has 3 atom stereocenters. The van der Waals surface area contributed by atoms with Gasteiger partial charge in [-0.1, -0.05) is 0 Å².